The van der Waals surface area contributed by atoms with Crippen LogP contribution in [0.2, 0.25) is 0 Å². The molecule has 2 rings (SSSR count). The molecule has 1 heterocycles. The Morgan fingerprint density at radius 1 is 1.33 bits per heavy atom. The van der Waals surface area contributed by atoms with Crippen LogP contribution in [-0.4, -0.2) is 37.6 Å². The molecule has 1 unspecified atom stereocenters. The maximum absolute atomic E-state index is 3.32. The Morgan fingerprint density at radius 3 is 2.50 bits per heavy atom. The molecule has 0 aromatic heterocycles. The Bertz CT molecular complexity index is 137. The highest BCUT2D eigenvalue weighted by Crippen LogP contribution is 2.36. The lowest BCUT2D eigenvalue weighted by Gasteiger charge is -2.27. The maximum Gasteiger partial charge on any atom is 0.0248 e. The lowest BCUT2D eigenvalue weighted by Crippen LogP contribution is -2.41. The summed E-state index contributed by atoms with van der Waals surface area (Å²) in [6, 6.07) is 0.859. The molecule has 0 bridgehead atoms. The van der Waals surface area contributed by atoms with Gasteiger partial charge in [0.05, 0.1) is 0 Å². The summed E-state index contributed by atoms with van der Waals surface area (Å²) in [5.41, 5.74) is 0. The third kappa shape index (κ3) is 1.80. The van der Waals surface area contributed by atoms with E-state index in [0.717, 1.165) is 12.0 Å². The van der Waals surface area contributed by atoms with E-state index >= 15 is 0 Å². The summed E-state index contributed by atoms with van der Waals surface area (Å²) in [6.45, 7) is 3.90. The molecule has 1 aliphatic carbocycles. The summed E-state index contributed by atoms with van der Waals surface area (Å²) in [5, 5.41) is 3.32. The van der Waals surface area contributed by atoms with E-state index in [1.165, 1.54) is 45.3 Å². The van der Waals surface area contributed by atoms with Crippen LogP contribution in [0, 0.1) is 5.92 Å². The van der Waals surface area contributed by atoms with E-state index in [0.29, 0.717) is 0 Å². The highest BCUT2D eigenvalue weighted by atomic mass is 15.2. The Morgan fingerprint density at radius 2 is 2.00 bits per heavy atom. The largest absolute Gasteiger partial charge is 0.318 e. The van der Waals surface area contributed by atoms with Gasteiger partial charge in [-0.1, -0.05) is 0 Å². The molecule has 0 aromatic rings. The van der Waals surface area contributed by atoms with Crippen LogP contribution >= 0.6 is 0 Å². The van der Waals surface area contributed by atoms with Crippen LogP contribution in [0.15, 0.2) is 0 Å². The van der Waals surface area contributed by atoms with Gasteiger partial charge in [-0.15, -0.1) is 0 Å². The second-order valence-electron chi connectivity index (χ2n) is 4.21. The van der Waals surface area contributed by atoms with Gasteiger partial charge in [0.2, 0.25) is 0 Å². The van der Waals surface area contributed by atoms with Crippen molar-refractivity contribution in [3.8, 4) is 0 Å². The Balaban J connectivity index is 1.85. The van der Waals surface area contributed by atoms with Gasteiger partial charge in [-0.3, -0.25) is 4.90 Å². The van der Waals surface area contributed by atoms with Gasteiger partial charge in [0, 0.05) is 12.6 Å². The molecule has 1 atom stereocenters. The SMILES string of the molecule is CNCC(C1CC1)N1CCCC1. The van der Waals surface area contributed by atoms with Gasteiger partial charge in [-0.05, 0) is 51.7 Å². The lowest BCUT2D eigenvalue weighted by atomic mass is 10.1. The van der Waals surface area contributed by atoms with Crippen LogP contribution in [0.1, 0.15) is 25.7 Å². The fourth-order valence-electron chi connectivity index (χ4n) is 2.36. The molecule has 0 radical (unpaired) electrons. The molecule has 0 amide bonds. The first-order chi connectivity index (χ1) is 5.92. The molecule has 70 valence electrons. The molecule has 2 aliphatic rings. The summed E-state index contributed by atoms with van der Waals surface area (Å²) in [4.78, 5) is 2.69. The van der Waals surface area contributed by atoms with Crippen LogP contribution in [0.3, 0.4) is 0 Å². The average Bonchev–Trinajstić information content (AvgIpc) is 2.77. The van der Waals surface area contributed by atoms with E-state index in [1.54, 1.807) is 0 Å². The smallest absolute Gasteiger partial charge is 0.0248 e. The van der Waals surface area contributed by atoms with Gasteiger partial charge in [0.25, 0.3) is 0 Å². The normalized spacial score (nSPS) is 27.8. The van der Waals surface area contributed by atoms with Gasteiger partial charge in [0.1, 0.15) is 0 Å². The zero-order valence-electron chi connectivity index (χ0n) is 8.05. The summed E-state index contributed by atoms with van der Waals surface area (Å²) in [6.07, 6.45) is 5.80. The zero-order valence-corrected chi connectivity index (χ0v) is 8.05. The van der Waals surface area contributed by atoms with Crippen molar-refractivity contribution in [1.29, 1.82) is 0 Å². The predicted octanol–water partition coefficient (Wildman–Crippen LogP) is 1.08. The first-order valence-corrected chi connectivity index (χ1v) is 5.30. The summed E-state index contributed by atoms with van der Waals surface area (Å²) >= 11 is 0. The van der Waals surface area contributed by atoms with E-state index in [2.05, 4.69) is 17.3 Å². The average molecular weight is 168 g/mol. The second kappa shape index (κ2) is 3.75. The molecule has 2 heteroatoms. The quantitative estimate of drug-likeness (QED) is 0.676. The minimum Gasteiger partial charge on any atom is -0.318 e. The van der Waals surface area contributed by atoms with Crippen LogP contribution in [0.4, 0.5) is 0 Å². The highest BCUT2D eigenvalue weighted by Gasteiger charge is 2.35. The molecule has 2 nitrogen and oxygen atoms in total. The molecule has 1 saturated heterocycles. The second-order valence-corrected chi connectivity index (χ2v) is 4.21. The molecule has 2 fully saturated rings. The van der Waals surface area contributed by atoms with E-state index in [-0.39, 0.29) is 0 Å². The molecule has 1 saturated carbocycles. The number of rotatable bonds is 4. The predicted molar refractivity (Wildman–Crippen MR) is 51.2 cm³/mol. The number of nitrogens with zero attached hydrogens (tertiary/aromatic N) is 1. The van der Waals surface area contributed by atoms with Gasteiger partial charge >= 0.3 is 0 Å². The van der Waals surface area contributed by atoms with E-state index < -0.39 is 0 Å². The van der Waals surface area contributed by atoms with Crippen molar-refractivity contribution in [2.75, 3.05) is 26.7 Å². The van der Waals surface area contributed by atoms with Crippen molar-refractivity contribution in [3.63, 3.8) is 0 Å². The van der Waals surface area contributed by atoms with Crippen LogP contribution < -0.4 is 5.32 Å². The molecule has 0 aromatic carbocycles. The summed E-state index contributed by atoms with van der Waals surface area (Å²) in [5.74, 6) is 1.02. The van der Waals surface area contributed by atoms with Crippen molar-refractivity contribution >= 4 is 0 Å². The first kappa shape index (κ1) is 8.52. The molecule has 1 aliphatic heterocycles. The highest BCUT2D eigenvalue weighted by molar-refractivity contribution is 4.90. The van der Waals surface area contributed by atoms with Gasteiger partial charge in [-0.2, -0.15) is 0 Å². The van der Waals surface area contributed by atoms with Crippen LogP contribution in [0.25, 0.3) is 0 Å². The number of hydrogen-bond donors (Lipinski definition) is 1. The summed E-state index contributed by atoms with van der Waals surface area (Å²) < 4.78 is 0. The molecule has 1 N–H and O–H groups in total. The number of likely N-dealkylation sites (N-methyl/N-ethyl adjacent to an activating group) is 1. The lowest BCUT2D eigenvalue weighted by molar-refractivity contribution is 0.215. The summed E-state index contributed by atoms with van der Waals surface area (Å²) in [7, 11) is 2.07. The van der Waals surface area contributed by atoms with Crippen LogP contribution in [-0.2, 0) is 0 Å². The monoisotopic (exact) mass is 168 g/mol. The maximum atomic E-state index is 3.32. The molecule has 12 heavy (non-hydrogen) atoms. The Hall–Kier alpha value is -0.0800. The van der Waals surface area contributed by atoms with Crippen molar-refractivity contribution in [3.05, 3.63) is 0 Å². The van der Waals surface area contributed by atoms with Crippen LogP contribution in [0.5, 0.6) is 0 Å². The van der Waals surface area contributed by atoms with Gasteiger partial charge in [0.15, 0.2) is 0 Å². The third-order valence-electron chi connectivity index (χ3n) is 3.19. The fourth-order valence-corrected chi connectivity index (χ4v) is 2.36. The standard InChI is InChI=1S/C10H20N2/c1-11-8-10(9-4-5-9)12-6-2-3-7-12/h9-11H,2-8H2,1H3. The number of nitrogens with one attached hydrogen (secondary N) is 1. The fraction of sp³-hybridized carbons (Fsp3) is 1.00. The van der Waals surface area contributed by atoms with Gasteiger partial charge in [-0.25, -0.2) is 0 Å². The van der Waals surface area contributed by atoms with Crippen molar-refractivity contribution < 1.29 is 0 Å². The minimum absolute atomic E-state index is 0.859. The molecular weight excluding hydrogens is 148 g/mol. The first-order valence-electron chi connectivity index (χ1n) is 5.30. The van der Waals surface area contributed by atoms with Crippen molar-refractivity contribution in [1.82, 2.24) is 10.2 Å². The molecular formula is C10H20N2. The van der Waals surface area contributed by atoms with E-state index in [4.69, 9.17) is 0 Å². The topological polar surface area (TPSA) is 15.3 Å². The molecule has 0 spiro atoms. The number of hydrogen-bond acceptors (Lipinski definition) is 2. The third-order valence-corrected chi connectivity index (χ3v) is 3.19. The Kier molecular flexibility index (Phi) is 2.66. The Labute approximate surface area is 75.3 Å². The van der Waals surface area contributed by atoms with Crippen molar-refractivity contribution in [2.45, 2.75) is 31.7 Å². The van der Waals surface area contributed by atoms with E-state index in [9.17, 15) is 0 Å². The van der Waals surface area contributed by atoms with Crippen molar-refractivity contribution in [2.24, 2.45) is 5.92 Å². The number of likely N-dealkylation sites (tertiary alicyclic amines) is 1. The van der Waals surface area contributed by atoms with Gasteiger partial charge < -0.3 is 5.32 Å². The minimum atomic E-state index is 0.859. The van der Waals surface area contributed by atoms with E-state index in [1.807, 2.05) is 0 Å². The zero-order chi connectivity index (χ0) is 8.39.